The summed E-state index contributed by atoms with van der Waals surface area (Å²) in [4.78, 5) is 30.9. The summed E-state index contributed by atoms with van der Waals surface area (Å²) in [6.45, 7) is 0. The van der Waals surface area contributed by atoms with E-state index in [1.54, 1.807) is 12.1 Å². The van der Waals surface area contributed by atoms with E-state index >= 15 is 0 Å². The summed E-state index contributed by atoms with van der Waals surface area (Å²) in [5, 5.41) is 0.291. The van der Waals surface area contributed by atoms with E-state index < -0.39 is 17.5 Å². The highest BCUT2D eigenvalue weighted by atomic mass is 19.2. The number of aromatic amines is 1. The predicted octanol–water partition coefficient (Wildman–Crippen LogP) is 4.04. The Morgan fingerprint density at radius 3 is 2.57 bits per heavy atom. The van der Waals surface area contributed by atoms with Crippen LogP contribution in [0.2, 0.25) is 0 Å². The normalized spacial score (nSPS) is 14.1. The lowest BCUT2D eigenvalue weighted by Crippen LogP contribution is -2.19. The van der Waals surface area contributed by atoms with E-state index in [1.165, 1.54) is 44.7 Å². The van der Waals surface area contributed by atoms with Crippen molar-refractivity contribution in [2.75, 3.05) is 7.11 Å². The molecule has 1 aliphatic rings. The Bertz CT molecular complexity index is 1110. The second-order valence-corrected chi connectivity index (χ2v) is 7.13. The molecule has 0 bridgehead atoms. The summed E-state index contributed by atoms with van der Waals surface area (Å²) >= 11 is 0. The van der Waals surface area contributed by atoms with Gasteiger partial charge in [-0.15, -0.1) is 0 Å². The number of aromatic nitrogens is 2. The molecule has 0 unspecified atom stereocenters. The summed E-state index contributed by atoms with van der Waals surface area (Å²) in [5.41, 5.74) is 6.74. The van der Waals surface area contributed by atoms with Gasteiger partial charge in [0.2, 0.25) is 5.82 Å². The number of halogens is 2. The Hall–Kier alpha value is -3.29. The third kappa shape index (κ3) is 4.64. The van der Waals surface area contributed by atoms with Crippen molar-refractivity contribution in [3.8, 4) is 5.75 Å². The van der Waals surface area contributed by atoms with Gasteiger partial charge in [-0.25, -0.2) is 4.39 Å². The van der Waals surface area contributed by atoms with Gasteiger partial charge in [-0.2, -0.15) is 4.39 Å². The Labute approximate surface area is 172 Å². The number of amides is 1. The van der Waals surface area contributed by atoms with Crippen molar-refractivity contribution < 1.29 is 18.3 Å². The van der Waals surface area contributed by atoms with Crippen LogP contribution in [0.1, 0.15) is 54.2 Å². The average molecular weight is 415 g/mol. The maximum Gasteiger partial charge on any atom is 0.268 e. The highest BCUT2D eigenvalue weighted by Crippen LogP contribution is 2.31. The number of carbonyl (C=O) groups excluding carboxylic acids is 1. The molecule has 0 saturated heterocycles. The number of nitrogens with zero attached hydrogens (tertiary/aromatic N) is 1. The minimum Gasteiger partial charge on any atom is -0.494 e. The largest absolute Gasteiger partial charge is 0.494 e. The van der Waals surface area contributed by atoms with Crippen molar-refractivity contribution in [1.29, 1.82) is 0 Å². The molecule has 1 aliphatic carbocycles. The van der Waals surface area contributed by atoms with Crippen LogP contribution in [0.25, 0.3) is 10.9 Å². The second-order valence-electron chi connectivity index (χ2n) is 7.13. The molecule has 4 rings (SSSR count). The van der Waals surface area contributed by atoms with Crippen molar-refractivity contribution in [3.63, 3.8) is 0 Å². The Balaban J connectivity index is 0.000000216. The van der Waals surface area contributed by atoms with E-state index in [1.807, 2.05) is 0 Å². The van der Waals surface area contributed by atoms with Crippen molar-refractivity contribution in [2.24, 2.45) is 5.73 Å². The first kappa shape index (κ1) is 21.4. The van der Waals surface area contributed by atoms with Crippen LogP contribution in [0.5, 0.6) is 5.75 Å². The molecule has 30 heavy (non-hydrogen) atoms. The molecule has 0 aliphatic heterocycles. The molecule has 6 nitrogen and oxygen atoms in total. The molecule has 1 amide bonds. The number of nitrogens with one attached hydrogen (secondary N) is 1. The quantitative estimate of drug-likeness (QED) is 0.674. The van der Waals surface area contributed by atoms with E-state index in [0.29, 0.717) is 16.8 Å². The molecule has 1 saturated carbocycles. The van der Waals surface area contributed by atoms with Gasteiger partial charge in [-0.05, 0) is 37.0 Å². The molecule has 158 valence electrons. The summed E-state index contributed by atoms with van der Waals surface area (Å²) < 4.78 is 29.3. The Morgan fingerprint density at radius 2 is 1.93 bits per heavy atom. The number of methoxy groups -OCH3 is 1. The van der Waals surface area contributed by atoms with E-state index in [9.17, 15) is 18.4 Å². The lowest BCUT2D eigenvalue weighted by Gasteiger charge is -2.21. The van der Waals surface area contributed by atoms with Crippen molar-refractivity contribution >= 4 is 16.8 Å². The number of rotatable bonds is 3. The molecule has 0 spiro atoms. The minimum absolute atomic E-state index is 0.0407. The fourth-order valence-electron chi connectivity index (χ4n) is 3.68. The summed E-state index contributed by atoms with van der Waals surface area (Å²) in [5.74, 6) is -2.16. The number of fused-ring (bicyclic) bond motifs is 1. The fourth-order valence-corrected chi connectivity index (χ4v) is 3.68. The number of primary amides is 1. The SMILES string of the molecule is COc1cccc(F)c1F.NC(=O)c1nccc2[nH]c(C3CCCCC3)cc(=O)c12. The van der Waals surface area contributed by atoms with Crippen LogP contribution in [0.15, 0.2) is 41.3 Å². The van der Waals surface area contributed by atoms with Crippen molar-refractivity contribution in [3.05, 3.63) is 69.8 Å². The van der Waals surface area contributed by atoms with E-state index in [2.05, 4.69) is 14.7 Å². The predicted molar refractivity (Wildman–Crippen MR) is 110 cm³/mol. The third-order valence-electron chi connectivity index (χ3n) is 5.18. The lowest BCUT2D eigenvalue weighted by molar-refractivity contribution is 0.0997. The minimum atomic E-state index is -0.940. The number of carbonyl (C=O) groups is 1. The topological polar surface area (TPSA) is 98.1 Å². The number of H-pyrrole nitrogens is 1. The molecule has 1 fully saturated rings. The van der Waals surface area contributed by atoms with Crippen LogP contribution in [0.3, 0.4) is 0 Å². The molecule has 8 heteroatoms. The van der Waals surface area contributed by atoms with Crippen molar-refractivity contribution in [1.82, 2.24) is 9.97 Å². The van der Waals surface area contributed by atoms with Crippen LogP contribution in [-0.2, 0) is 0 Å². The smallest absolute Gasteiger partial charge is 0.268 e. The summed E-state index contributed by atoms with van der Waals surface area (Å²) in [6.07, 6.45) is 7.39. The van der Waals surface area contributed by atoms with Gasteiger partial charge >= 0.3 is 0 Å². The fraction of sp³-hybridized carbons (Fsp3) is 0.318. The molecule has 3 N–H and O–H groups in total. The molecule has 2 heterocycles. The van der Waals surface area contributed by atoms with Gasteiger partial charge in [0.1, 0.15) is 5.69 Å². The third-order valence-corrected chi connectivity index (χ3v) is 5.18. The first-order valence-corrected chi connectivity index (χ1v) is 9.72. The van der Waals surface area contributed by atoms with Crippen molar-refractivity contribution in [2.45, 2.75) is 38.0 Å². The van der Waals surface area contributed by atoms with Crippen LogP contribution < -0.4 is 15.9 Å². The zero-order valence-electron chi connectivity index (χ0n) is 16.6. The lowest BCUT2D eigenvalue weighted by atomic mass is 9.86. The molecular formula is C22H23F2N3O3. The first-order valence-electron chi connectivity index (χ1n) is 9.72. The molecule has 3 aromatic rings. The molecule has 0 atom stereocenters. The van der Waals surface area contributed by atoms with Crippen LogP contribution in [-0.4, -0.2) is 23.0 Å². The monoisotopic (exact) mass is 415 g/mol. The molecule has 1 aromatic carbocycles. The Kier molecular flexibility index (Phi) is 6.76. The molecule has 0 radical (unpaired) electrons. The van der Waals surface area contributed by atoms with E-state index in [4.69, 9.17) is 5.73 Å². The second kappa shape index (κ2) is 9.47. The van der Waals surface area contributed by atoms with Gasteiger partial charge in [-0.3, -0.25) is 14.6 Å². The van der Waals surface area contributed by atoms with Crippen LogP contribution in [0, 0.1) is 11.6 Å². The van der Waals surface area contributed by atoms with E-state index in [0.717, 1.165) is 24.6 Å². The maximum absolute atomic E-state index is 12.5. The zero-order chi connectivity index (χ0) is 21.7. The number of hydrogen-bond acceptors (Lipinski definition) is 4. The van der Waals surface area contributed by atoms with Gasteiger partial charge in [0.15, 0.2) is 17.0 Å². The van der Waals surface area contributed by atoms with Gasteiger partial charge in [0, 0.05) is 18.0 Å². The number of nitrogens with two attached hydrogens (primary N) is 1. The number of pyridine rings is 2. The summed E-state index contributed by atoms with van der Waals surface area (Å²) in [7, 11) is 1.29. The molecular weight excluding hydrogens is 392 g/mol. The maximum atomic E-state index is 12.5. The Morgan fingerprint density at radius 1 is 1.20 bits per heavy atom. The van der Waals surface area contributed by atoms with Gasteiger partial charge in [0.05, 0.1) is 18.0 Å². The number of hydrogen-bond donors (Lipinski definition) is 2. The van der Waals surface area contributed by atoms with Crippen LogP contribution in [0.4, 0.5) is 8.78 Å². The van der Waals surface area contributed by atoms with Gasteiger partial charge in [0.25, 0.3) is 5.91 Å². The summed E-state index contributed by atoms with van der Waals surface area (Å²) in [6, 6.07) is 7.11. The van der Waals surface area contributed by atoms with Gasteiger partial charge < -0.3 is 15.5 Å². The standard InChI is InChI=1S/C15H17N3O2.C7H6F2O/c16-15(20)14-13-10(6-7-17-14)18-11(8-12(13)19)9-4-2-1-3-5-9;1-10-6-4-2-3-5(8)7(6)9/h6-9H,1-5H2,(H2,16,20)(H,18,19);2-4H,1H3. The average Bonchev–Trinajstić information content (AvgIpc) is 2.76. The zero-order valence-corrected chi connectivity index (χ0v) is 16.6. The van der Waals surface area contributed by atoms with Gasteiger partial charge in [-0.1, -0.05) is 25.3 Å². The highest BCUT2D eigenvalue weighted by Gasteiger charge is 2.19. The van der Waals surface area contributed by atoms with Crippen LogP contribution >= 0.6 is 0 Å². The highest BCUT2D eigenvalue weighted by molar-refractivity contribution is 6.03. The number of benzene rings is 1. The first-order chi connectivity index (χ1) is 14.4. The van der Waals surface area contributed by atoms with E-state index in [-0.39, 0.29) is 16.9 Å². The molecule has 2 aromatic heterocycles. The number of ether oxygens (including phenoxy) is 1.